The van der Waals surface area contributed by atoms with Crippen LogP contribution in [0, 0.1) is 0 Å². The number of methoxy groups -OCH3 is 1. The Labute approximate surface area is 198 Å². The molecule has 2 aliphatic heterocycles. The van der Waals surface area contributed by atoms with Gasteiger partial charge < -0.3 is 24.2 Å². The predicted octanol–water partition coefficient (Wildman–Crippen LogP) is 3.09. The number of aliphatic hydroxyl groups is 1. The molecule has 2 amide bonds. The third-order valence-corrected chi connectivity index (χ3v) is 7.91. The van der Waals surface area contributed by atoms with E-state index in [2.05, 4.69) is 35.6 Å². The summed E-state index contributed by atoms with van der Waals surface area (Å²) in [6.07, 6.45) is 0.295. The van der Waals surface area contributed by atoms with Crippen molar-refractivity contribution in [3.63, 3.8) is 0 Å². The van der Waals surface area contributed by atoms with Gasteiger partial charge in [-0.15, -0.1) is 0 Å². The third-order valence-electron chi connectivity index (χ3n) is 5.65. The summed E-state index contributed by atoms with van der Waals surface area (Å²) >= 11 is 3.39. The number of carbonyl (C=O) groups is 2. The molecule has 1 aromatic carbocycles. The maximum Gasteiger partial charge on any atom is 0.256 e. The molecule has 32 heavy (non-hydrogen) atoms. The van der Waals surface area contributed by atoms with Gasteiger partial charge in [0, 0.05) is 39.0 Å². The molecule has 0 aliphatic carbocycles. The fourth-order valence-corrected chi connectivity index (χ4v) is 4.83. The number of halogens is 1. The second-order valence-corrected chi connectivity index (χ2v) is 15.8. The van der Waals surface area contributed by atoms with Gasteiger partial charge in [0.15, 0.2) is 11.5 Å². The molecule has 1 saturated heterocycles. The zero-order valence-electron chi connectivity index (χ0n) is 19.2. The number of carbonyl (C=O) groups excluding carboxylic acids is 2. The standard InChI is InChI=1S/C22H33BrN2O6Si/c1-29-19-11-16-17(12-20(19)31-7-5-6-23)25(14-30-8-9-32(2,3)4)22(28)18-10-15(26)13-24(18)21(16)27/h11-12,15,18,26H,5-10,13-14H2,1-4H3. The normalized spacial score (nSPS) is 20.8. The van der Waals surface area contributed by atoms with Crippen molar-refractivity contribution >= 4 is 41.5 Å². The number of aliphatic hydroxyl groups excluding tert-OH is 1. The van der Waals surface area contributed by atoms with Crippen molar-refractivity contribution in [3.05, 3.63) is 17.7 Å². The first kappa shape index (κ1) is 25.0. The van der Waals surface area contributed by atoms with E-state index in [0.29, 0.717) is 36.0 Å². The molecule has 2 atom stereocenters. The van der Waals surface area contributed by atoms with Crippen LogP contribution >= 0.6 is 15.9 Å². The van der Waals surface area contributed by atoms with E-state index >= 15 is 0 Å². The topological polar surface area (TPSA) is 88.5 Å². The van der Waals surface area contributed by atoms with Gasteiger partial charge in [0.2, 0.25) is 0 Å². The van der Waals surface area contributed by atoms with Crippen molar-refractivity contribution in [2.45, 2.75) is 50.7 Å². The molecule has 178 valence electrons. The van der Waals surface area contributed by atoms with Gasteiger partial charge in [-0.25, -0.2) is 0 Å². The summed E-state index contributed by atoms with van der Waals surface area (Å²) < 4.78 is 17.3. The van der Waals surface area contributed by atoms with E-state index < -0.39 is 20.2 Å². The highest BCUT2D eigenvalue weighted by Gasteiger charge is 2.45. The third kappa shape index (κ3) is 5.65. The second-order valence-electron chi connectivity index (χ2n) is 9.39. The molecular weight excluding hydrogens is 496 g/mol. The number of ether oxygens (including phenoxy) is 3. The van der Waals surface area contributed by atoms with Gasteiger partial charge in [-0.05, 0) is 18.5 Å². The first-order chi connectivity index (χ1) is 15.2. The lowest BCUT2D eigenvalue weighted by Gasteiger charge is -2.26. The summed E-state index contributed by atoms with van der Waals surface area (Å²) in [7, 11) is 0.231. The van der Waals surface area contributed by atoms with Gasteiger partial charge in [0.05, 0.1) is 31.1 Å². The van der Waals surface area contributed by atoms with Crippen LogP contribution in [-0.2, 0) is 9.53 Å². The van der Waals surface area contributed by atoms with Gasteiger partial charge in [0.1, 0.15) is 12.8 Å². The van der Waals surface area contributed by atoms with Crippen LogP contribution in [-0.4, -0.2) is 81.0 Å². The molecule has 8 nitrogen and oxygen atoms in total. The molecule has 2 heterocycles. The average molecular weight is 530 g/mol. The van der Waals surface area contributed by atoms with Crippen LogP contribution in [0.25, 0.3) is 0 Å². The molecule has 3 rings (SSSR count). The molecular formula is C22H33BrN2O6Si. The van der Waals surface area contributed by atoms with E-state index in [1.807, 2.05) is 0 Å². The molecule has 0 spiro atoms. The number of nitrogens with zero attached hydrogens (tertiary/aromatic N) is 2. The van der Waals surface area contributed by atoms with E-state index in [-0.39, 0.29) is 31.5 Å². The number of benzene rings is 1. The average Bonchev–Trinajstić information content (AvgIpc) is 3.11. The molecule has 0 bridgehead atoms. The second kappa shape index (κ2) is 10.5. The highest BCUT2D eigenvalue weighted by Crippen LogP contribution is 2.40. The maximum absolute atomic E-state index is 13.5. The smallest absolute Gasteiger partial charge is 0.256 e. The summed E-state index contributed by atoms with van der Waals surface area (Å²) in [6.45, 7) is 7.98. The minimum atomic E-state index is -1.29. The van der Waals surface area contributed by atoms with Crippen LogP contribution in [0.2, 0.25) is 25.7 Å². The highest BCUT2D eigenvalue weighted by atomic mass is 79.9. The lowest BCUT2D eigenvalue weighted by atomic mass is 10.1. The van der Waals surface area contributed by atoms with Crippen molar-refractivity contribution in [3.8, 4) is 11.5 Å². The predicted molar refractivity (Wildman–Crippen MR) is 129 cm³/mol. The molecule has 1 N–H and O–H groups in total. The largest absolute Gasteiger partial charge is 0.493 e. The van der Waals surface area contributed by atoms with Gasteiger partial charge >= 0.3 is 0 Å². The van der Waals surface area contributed by atoms with Gasteiger partial charge in [-0.3, -0.25) is 14.5 Å². The lowest BCUT2D eigenvalue weighted by molar-refractivity contribution is -0.123. The summed E-state index contributed by atoms with van der Waals surface area (Å²) in [5.41, 5.74) is 0.792. The van der Waals surface area contributed by atoms with E-state index in [0.717, 1.165) is 17.8 Å². The van der Waals surface area contributed by atoms with Crippen LogP contribution in [0.1, 0.15) is 23.2 Å². The van der Waals surface area contributed by atoms with Crippen molar-refractivity contribution < 1.29 is 28.9 Å². The van der Waals surface area contributed by atoms with Crippen LogP contribution in [0.5, 0.6) is 11.5 Å². The summed E-state index contributed by atoms with van der Waals surface area (Å²) in [5, 5.41) is 10.9. The van der Waals surface area contributed by atoms with E-state index in [9.17, 15) is 14.7 Å². The Morgan fingerprint density at radius 1 is 1.19 bits per heavy atom. The monoisotopic (exact) mass is 528 g/mol. The Morgan fingerprint density at radius 3 is 2.59 bits per heavy atom. The SMILES string of the molecule is COc1cc2c(cc1OCCCBr)N(COCC[Si](C)(C)C)C(=O)C1CC(O)CN1C2=O. The molecule has 10 heteroatoms. The Kier molecular flexibility index (Phi) is 8.24. The maximum atomic E-state index is 13.5. The highest BCUT2D eigenvalue weighted by molar-refractivity contribution is 9.09. The fourth-order valence-electron chi connectivity index (χ4n) is 3.85. The van der Waals surface area contributed by atoms with Crippen LogP contribution in [0.4, 0.5) is 5.69 Å². The fraction of sp³-hybridized carbons (Fsp3) is 0.636. The Bertz CT molecular complexity index is 846. The number of hydrogen-bond donors (Lipinski definition) is 1. The molecule has 2 aliphatic rings. The lowest BCUT2D eigenvalue weighted by Crippen LogP contribution is -2.45. The summed E-state index contributed by atoms with van der Waals surface area (Å²) in [6, 6.07) is 3.57. The van der Waals surface area contributed by atoms with Crippen molar-refractivity contribution in [2.24, 2.45) is 0 Å². The molecule has 1 aromatic rings. The minimum Gasteiger partial charge on any atom is -0.493 e. The Balaban J connectivity index is 1.97. The van der Waals surface area contributed by atoms with Crippen molar-refractivity contribution in [1.82, 2.24) is 4.90 Å². The van der Waals surface area contributed by atoms with E-state index in [1.54, 1.807) is 12.1 Å². The number of anilines is 1. The van der Waals surface area contributed by atoms with Crippen LogP contribution < -0.4 is 14.4 Å². The van der Waals surface area contributed by atoms with Gasteiger partial charge in [0.25, 0.3) is 11.8 Å². The number of fused-ring (bicyclic) bond motifs is 2. The molecule has 1 fully saturated rings. The summed E-state index contributed by atoms with van der Waals surface area (Å²) in [4.78, 5) is 29.8. The number of amides is 2. The Morgan fingerprint density at radius 2 is 1.94 bits per heavy atom. The van der Waals surface area contributed by atoms with Gasteiger partial charge in [-0.1, -0.05) is 35.6 Å². The minimum absolute atomic E-state index is 0.0389. The van der Waals surface area contributed by atoms with Gasteiger partial charge in [-0.2, -0.15) is 0 Å². The number of hydrogen-bond acceptors (Lipinski definition) is 6. The van der Waals surface area contributed by atoms with Crippen LogP contribution in [0.3, 0.4) is 0 Å². The van der Waals surface area contributed by atoms with E-state index in [1.165, 1.54) is 16.9 Å². The molecule has 0 radical (unpaired) electrons. The number of alkyl halides is 1. The first-order valence-corrected chi connectivity index (χ1v) is 15.8. The van der Waals surface area contributed by atoms with E-state index in [4.69, 9.17) is 14.2 Å². The zero-order chi connectivity index (χ0) is 23.5. The van der Waals surface area contributed by atoms with Crippen molar-refractivity contribution in [2.75, 3.05) is 43.8 Å². The molecule has 2 unspecified atom stereocenters. The summed E-state index contributed by atoms with van der Waals surface area (Å²) in [5.74, 6) is 0.349. The van der Waals surface area contributed by atoms with Crippen LogP contribution in [0.15, 0.2) is 12.1 Å². The Hall–Kier alpha value is -1.62. The quantitative estimate of drug-likeness (QED) is 0.285. The zero-order valence-corrected chi connectivity index (χ0v) is 21.8. The molecule has 0 aromatic heterocycles. The molecule has 0 saturated carbocycles. The van der Waals surface area contributed by atoms with Crippen molar-refractivity contribution in [1.29, 1.82) is 0 Å². The number of rotatable bonds is 10. The first-order valence-electron chi connectivity index (χ1n) is 10.9.